The molecule has 3 aromatic rings. The Hall–Kier alpha value is -3.43. The highest BCUT2D eigenvalue weighted by Gasteiger charge is 2.45. The highest BCUT2D eigenvalue weighted by Crippen LogP contribution is 2.49. The molecule has 0 spiro atoms. The number of primary amides is 1. The van der Waals surface area contributed by atoms with Crippen LogP contribution in [0.25, 0.3) is 5.65 Å². The molecule has 3 atom stereocenters. The topological polar surface area (TPSA) is 93.6 Å². The van der Waals surface area contributed by atoms with E-state index in [1.54, 1.807) is 23.1 Å². The Morgan fingerprint density at radius 2 is 1.69 bits per heavy atom. The first-order valence-electron chi connectivity index (χ1n) is 10.3. The number of nitrogens with two attached hydrogens (primary N) is 1. The van der Waals surface area contributed by atoms with E-state index in [-0.39, 0.29) is 35.0 Å². The number of benzene rings is 1. The van der Waals surface area contributed by atoms with Crippen LogP contribution in [0.1, 0.15) is 50.9 Å². The molecule has 0 radical (unpaired) electrons. The smallest absolute Gasteiger partial charge is 0.366 e. The predicted octanol–water partition coefficient (Wildman–Crippen LogP) is 3.11. The number of hydrogen-bond acceptors (Lipinski definition) is 4. The molecule has 1 aliphatic carbocycles. The molecule has 1 saturated carbocycles. The van der Waals surface area contributed by atoms with Crippen molar-refractivity contribution in [2.24, 2.45) is 17.6 Å². The van der Waals surface area contributed by atoms with Gasteiger partial charge in [-0.3, -0.25) is 14.0 Å². The van der Waals surface area contributed by atoms with Crippen molar-refractivity contribution in [2.75, 3.05) is 13.1 Å². The first-order valence-corrected chi connectivity index (χ1v) is 10.3. The fraction of sp³-hybridized carbons (Fsp3) is 0.364. The predicted molar refractivity (Wildman–Crippen MR) is 108 cm³/mol. The normalized spacial score (nSPS) is 23.0. The zero-order valence-electron chi connectivity index (χ0n) is 16.9. The van der Waals surface area contributed by atoms with Crippen LogP contribution in [-0.2, 0) is 6.18 Å². The molecular weight excluding hydrogens is 423 g/mol. The van der Waals surface area contributed by atoms with Gasteiger partial charge in [-0.1, -0.05) is 18.2 Å². The maximum atomic E-state index is 13.4. The van der Waals surface area contributed by atoms with Crippen LogP contribution in [0.15, 0.2) is 42.6 Å². The number of rotatable bonds is 3. The van der Waals surface area contributed by atoms with Crippen molar-refractivity contribution in [1.82, 2.24) is 19.5 Å². The van der Waals surface area contributed by atoms with Gasteiger partial charge in [-0.05, 0) is 54.4 Å². The van der Waals surface area contributed by atoms with Crippen molar-refractivity contribution in [2.45, 2.75) is 24.9 Å². The Morgan fingerprint density at radius 3 is 2.34 bits per heavy atom. The van der Waals surface area contributed by atoms with Crippen molar-refractivity contribution in [3.05, 3.63) is 65.1 Å². The molecule has 166 valence electrons. The van der Waals surface area contributed by atoms with Crippen LogP contribution in [-0.4, -0.2) is 44.4 Å². The maximum Gasteiger partial charge on any atom is 0.416 e. The van der Waals surface area contributed by atoms with Gasteiger partial charge in [-0.25, -0.2) is 0 Å². The number of amides is 2. The number of pyridine rings is 1. The van der Waals surface area contributed by atoms with Gasteiger partial charge in [0.2, 0.25) is 11.7 Å². The molecule has 1 saturated heterocycles. The highest BCUT2D eigenvalue weighted by molar-refractivity contribution is 5.94. The van der Waals surface area contributed by atoms with E-state index in [1.165, 1.54) is 22.7 Å². The summed E-state index contributed by atoms with van der Waals surface area (Å²) in [5.74, 6) is -0.772. The second-order valence-electron chi connectivity index (χ2n) is 8.52. The van der Waals surface area contributed by atoms with Crippen LogP contribution in [0, 0.1) is 11.8 Å². The summed E-state index contributed by atoms with van der Waals surface area (Å²) in [5, 5.41) is 7.95. The van der Waals surface area contributed by atoms with E-state index in [0.29, 0.717) is 37.1 Å². The van der Waals surface area contributed by atoms with Gasteiger partial charge >= 0.3 is 6.18 Å². The summed E-state index contributed by atoms with van der Waals surface area (Å²) >= 11 is 0. The molecule has 1 aromatic carbocycles. The van der Waals surface area contributed by atoms with E-state index in [1.807, 2.05) is 0 Å². The van der Waals surface area contributed by atoms with Gasteiger partial charge in [0.25, 0.3) is 5.91 Å². The van der Waals surface area contributed by atoms with Crippen molar-refractivity contribution in [3.8, 4) is 0 Å². The fourth-order valence-electron chi connectivity index (χ4n) is 5.15. The molecule has 2 aromatic heterocycles. The molecule has 5 rings (SSSR count). The molecule has 7 nitrogen and oxygen atoms in total. The second kappa shape index (κ2) is 7.32. The number of hydrogen-bond donors (Lipinski definition) is 1. The second-order valence-corrected chi connectivity index (χ2v) is 8.52. The van der Waals surface area contributed by atoms with Crippen molar-refractivity contribution < 1.29 is 22.8 Å². The summed E-state index contributed by atoms with van der Waals surface area (Å²) in [4.78, 5) is 26.3. The molecule has 2 amide bonds. The molecule has 2 aliphatic rings. The molecule has 3 heterocycles. The molecular formula is C22H20F3N5O2. The first kappa shape index (κ1) is 20.5. The van der Waals surface area contributed by atoms with Crippen molar-refractivity contribution in [1.29, 1.82) is 0 Å². The summed E-state index contributed by atoms with van der Waals surface area (Å²) < 4.78 is 41.7. The molecule has 2 N–H and O–H groups in total. The molecule has 0 unspecified atom stereocenters. The standard InChI is InChI=1S/C22H20F3N5O2/c23-22(24,25)17-4-2-1-3-16(17)13-7-14-9-29(10-15(14)8-13)21(32)20-28-27-18-6-5-12(19(26)31)11-30(18)20/h1-6,11,13-15H,7-10H2,(H2,26,31)/t13-,14+,15-. The van der Waals surface area contributed by atoms with Crippen LogP contribution in [0.2, 0.25) is 0 Å². The molecule has 1 aliphatic heterocycles. The average Bonchev–Trinajstić information content (AvgIpc) is 3.45. The Labute approximate surface area is 181 Å². The SMILES string of the molecule is NC(=O)c1ccc2nnc(C(=O)N3C[C@H]4C[C@H](c5ccccc5C(F)(F)F)C[C@H]4C3)n2c1. The summed E-state index contributed by atoms with van der Waals surface area (Å²) in [7, 11) is 0. The fourth-order valence-corrected chi connectivity index (χ4v) is 5.15. The third kappa shape index (κ3) is 3.39. The van der Waals surface area contributed by atoms with Gasteiger partial charge in [-0.2, -0.15) is 13.2 Å². The summed E-state index contributed by atoms with van der Waals surface area (Å²) in [6.07, 6.45) is -1.73. The van der Waals surface area contributed by atoms with Gasteiger partial charge in [0.05, 0.1) is 11.1 Å². The number of carbonyl (C=O) groups excluding carboxylic acids is 2. The minimum atomic E-state index is -4.38. The van der Waals surface area contributed by atoms with Crippen LogP contribution < -0.4 is 5.73 Å². The summed E-state index contributed by atoms with van der Waals surface area (Å²) in [6, 6.07) is 8.83. The quantitative estimate of drug-likeness (QED) is 0.673. The molecule has 10 heteroatoms. The van der Waals surface area contributed by atoms with Gasteiger partial charge in [0.15, 0.2) is 5.65 Å². The highest BCUT2D eigenvalue weighted by atomic mass is 19.4. The number of carbonyl (C=O) groups is 2. The molecule has 32 heavy (non-hydrogen) atoms. The maximum absolute atomic E-state index is 13.4. The number of alkyl halides is 3. The summed E-state index contributed by atoms with van der Waals surface area (Å²) in [6.45, 7) is 0.914. The molecule has 2 fully saturated rings. The third-order valence-electron chi connectivity index (χ3n) is 6.62. The monoisotopic (exact) mass is 443 g/mol. The van der Waals surface area contributed by atoms with E-state index < -0.39 is 17.6 Å². The summed E-state index contributed by atoms with van der Waals surface area (Å²) in [5.41, 5.74) is 5.74. The third-order valence-corrected chi connectivity index (χ3v) is 6.62. The minimum Gasteiger partial charge on any atom is -0.366 e. The van der Waals surface area contributed by atoms with Gasteiger partial charge < -0.3 is 10.6 Å². The van der Waals surface area contributed by atoms with Crippen LogP contribution in [0.5, 0.6) is 0 Å². The van der Waals surface area contributed by atoms with Crippen molar-refractivity contribution in [3.63, 3.8) is 0 Å². The van der Waals surface area contributed by atoms with Crippen LogP contribution >= 0.6 is 0 Å². The largest absolute Gasteiger partial charge is 0.416 e. The zero-order chi connectivity index (χ0) is 22.6. The van der Waals surface area contributed by atoms with Crippen molar-refractivity contribution >= 4 is 17.5 Å². The first-order chi connectivity index (χ1) is 15.2. The Kier molecular flexibility index (Phi) is 4.68. The lowest BCUT2D eigenvalue weighted by Gasteiger charge is -2.21. The van der Waals surface area contributed by atoms with E-state index in [4.69, 9.17) is 5.73 Å². The Morgan fingerprint density at radius 1 is 1.00 bits per heavy atom. The van der Waals surface area contributed by atoms with E-state index in [0.717, 1.165) is 6.07 Å². The number of fused-ring (bicyclic) bond motifs is 2. The molecule has 0 bridgehead atoms. The number of nitrogens with zero attached hydrogens (tertiary/aromatic N) is 4. The van der Waals surface area contributed by atoms with Gasteiger partial charge in [-0.15, -0.1) is 10.2 Å². The average molecular weight is 443 g/mol. The zero-order valence-corrected chi connectivity index (χ0v) is 16.9. The lowest BCUT2D eigenvalue weighted by Crippen LogP contribution is -2.31. The minimum absolute atomic E-state index is 0.0852. The van der Waals surface area contributed by atoms with E-state index >= 15 is 0 Å². The lowest BCUT2D eigenvalue weighted by atomic mass is 9.91. The number of likely N-dealkylation sites (tertiary alicyclic amines) is 1. The lowest BCUT2D eigenvalue weighted by molar-refractivity contribution is -0.138. The number of aromatic nitrogens is 3. The Bertz CT molecular complexity index is 1210. The number of halogens is 3. The van der Waals surface area contributed by atoms with E-state index in [2.05, 4.69) is 10.2 Å². The van der Waals surface area contributed by atoms with Crippen LogP contribution in [0.4, 0.5) is 13.2 Å². The van der Waals surface area contributed by atoms with Gasteiger partial charge in [0, 0.05) is 19.3 Å². The van der Waals surface area contributed by atoms with Gasteiger partial charge in [0.1, 0.15) is 0 Å². The van der Waals surface area contributed by atoms with Crippen LogP contribution in [0.3, 0.4) is 0 Å². The van der Waals surface area contributed by atoms with E-state index in [9.17, 15) is 22.8 Å². The Balaban J connectivity index is 1.34.